The molecule has 1 aliphatic carbocycles. The summed E-state index contributed by atoms with van der Waals surface area (Å²) in [6.45, 7) is 0.119. The van der Waals surface area contributed by atoms with Crippen molar-refractivity contribution in [3.05, 3.63) is 82.5 Å². The summed E-state index contributed by atoms with van der Waals surface area (Å²) in [5.74, 6) is 0.796. The van der Waals surface area contributed by atoms with Crippen molar-refractivity contribution in [2.45, 2.75) is 31.1 Å². The number of hydrogen-bond acceptors (Lipinski definition) is 6. The highest BCUT2D eigenvalue weighted by molar-refractivity contribution is 5.83. The highest BCUT2D eigenvalue weighted by Gasteiger charge is 2.46. The molecule has 0 saturated heterocycles. The first-order chi connectivity index (χ1) is 16.9. The molecule has 0 unspecified atom stereocenters. The van der Waals surface area contributed by atoms with E-state index in [1.54, 1.807) is 0 Å². The van der Waals surface area contributed by atoms with Gasteiger partial charge in [-0.15, -0.1) is 0 Å². The van der Waals surface area contributed by atoms with Gasteiger partial charge >= 0.3 is 11.8 Å². The van der Waals surface area contributed by atoms with Crippen LogP contribution in [0.1, 0.15) is 24.2 Å². The summed E-state index contributed by atoms with van der Waals surface area (Å²) in [7, 11) is 0. The summed E-state index contributed by atoms with van der Waals surface area (Å²) in [6.07, 6.45) is -1.03. The highest BCUT2D eigenvalue weighted by Crippen LogP contribution is 2.43. The second kappa shape index (κ2) is 7.81. The molecule has 0 atom stereocenters. The molecule has 2 aliphatic rings. The minimum atomic E-state index is -1.13. The van der Waals surface area contributed by atoms with Crippen molar-refractivity contribution in [1.82, 2.24) is 25.1 Å². The van der Waals surface area contributed by atoms with E-state index in [9.17, 15) is 19.8 Å². The molecule has 2 aromatic carbocycles. The van der Waals surface area contributed by atoms with E-state index in [0.717, 1.165) is 22.3 Å². The number of aromatic amines is 1. The zero-order chi connectivity index (χ0) is 24.2. The summed E-state index contributed by atoms with van der Waals surface area (Å²) in [5, 5.41) is 28.2. The Morgan fingerprint density at radius 1 is 1.11 bits per heavy atom. The van der Waals surface area contributed by atoms with Crippen molar-refractivity contribution in [2.75, 3.05) is 0 Å². The van der Waals surface area contributed by atoms with Crippen molar-refractivity contribution >= 4 is 6.09 Å². The van der Waals surface area contributed by atoms with E-state index in [0.29, 0.717) is 35.9 Å². The van der Waals surface area contributed by atoms with E-state index < -0.39 is 17.7 Å². The number of aliphatic hydroxyl groups is 1. The van der Waals surface area contributed by atoms with Crippen LogP contribution in [0.2, 0.25) is 0 Å². The summed E-state index contributed by atoms with van der Waals surface area (Å²) in [5.41, 5.74) is 3.30. The van der Waals surface area contributed by atoms with Crippen molar-refractivity contribution in [1.29, 1.82) is 0 Å². The fourth-order valence-corrected chi connectivity index (χ4v) is 4.92. The first-order valence-electron chi connectivity index (χ1n) is 11.1. The number of carboxylic acid groups (broad SMARTS) is 1. The number of benzene rings is 2. The topological polar surface area (TPSA) is 142 Å². The molecule has 176 valence electrons. The fourth-order valence-electron chi connectivity index (χ4n) is 4.92. The predicted octanol–water partition coefficient (Wildman–Crippen LogP) is 2.80. The molecule has 0 radical (unpaired) electrons. The minimum Gasteiger partial charge on any atom is -0.468 e. The number of H-pyrrole nitrogens is 1. The van der Waals surface area contributed by atoms with Gasteiger partial charge in [0.2, 0.25) is 5.88 Å². The van der Waals surface area contributed by atoms with Gasteiger partial charge in [0.05, 0.1) is 17.3 Å². The van der Waals surface area contributed by atoms with Crippen LogP contribution in [0.15, 0.2) is 65.5 Å². The highest BCUT2D eigenvalue weighted by atomic mass is 16.5. The minimum absolute atomic E-state index is 0.119. The first kappa shape index (κ1) is 21.1. The zero-order valence-electron chi connectivity index (χ0n) is 18.4. The van der Waals surface area contributed by atoms with Crippen LogP contribution in [0.5, 0.6) is 5.88 Å². The van der Waals surface area contributed by atoms with Gasteiger partial charge in [0, 0.05) is 24.0 Å². The Kier molecular flexibility index (Phi) is 4.71. The van der Waals surface area contributed by atoms with Crippen molar-refractivity contribution < 1.29 is 19.7 Å². The normalized spacial score (nSPS) is 20.2. The number of rotatable bonds is 4. The maximum absolute atomic E-state index is 12.4. The van der Waals surface area contributed by atoms with Gasteiger partial charge in [-0.25, -0.2) is 24.2 Å². The van der Waals surface area contributed by atoms with Gasteiger partial charge in [0.15, 0.2) is 12.4 Å². The molecular weight excluding hydrogens is 450 g/mol. The lowest BCUT2D eigenvalue weighted by molar-refractivity contribution is 0.00172. The molecule has 4 aromatic rings. The number of aliphatic hydroxyl groups excluding tert-OH is 1. The lowest BCUT2D eigenvalue weighted by Crippen LogP contribution is -2.56. The first-order valence-corrected chi connectivity index (χ1v) is 11.1. The number of hydrogen-bond donors (Lipinski definition) is 4. The van der Waals surface area contributed by atoms with Crippen LogP contribution in [-0.2, 0) is 12.1 Å². The smallest absolute Gasteiger partial charge is 0.405 e. The van der Waals surface area contributed by atoms with E-state index in [-0.39, 0.29) is 12.3 Å². The third-order valence-electron chi connectivity index (χ3n) is 6.60. The Bertz CT molecular complexity index is 1490. The molecule has 1 saturated carbocycles. The molecule has 35 heavy (non-hydrogen) atoms. The van der Waals surface area contributed by atoms with Crippen LogP contribution < -0.4 is 15.7 Å². The molecule has 3 heterocycles. The summed E-state index contributed by atoms with van der Waals surface area (Å²) in [6, 6.07) is 19.0. The Labute approximate surface area is 198 Å². The van der Waals surface area contributed by atoms with Crippen LogP contribution in [-0.4, -0.2) is 42.2 Å². The standard InChI is InChI=1S/C25H21N5O5/c31-17-11-25(12-17,27-24(33)34)16-8-6-15(7-9-16)21-18(14-4-2-1-3-5-14)10-19-22(26-21)35-13-20-28-29-23(32)30(19)20/h1-10,17,27,31H,11-13H2,(H,29,32)(H,33,34)/t17-,25-. The molecule has 0 spiro atoms. The van der Waals surface area contributed by atoms with Crippen LogP contribution in [0, 0.1) is 0 Å². The van der Waals surface area contributed by atoms with E-state index in [2.05, 4.69) is 15.5 Å². The second-order valence-electron chi connectivity index (χ2n) is 8.80. The quantitative estimate of drug-likeness (QED) is 0.358. The number of aromatic nitrogens is 4. The number of carbonyl (C=O) groups is 1. The van der Waals surface area contributed by atoms with Crippen LogP contribution >= 0.6 is 0 Å². The van der Waals surface area contributed by atoms with Gasteiger partial charge in [-0.3, -0.25) is 0 Å². The Morgan fingerprint density at radius 3 is 2.54 bits per heavy atom. The SMILES string of the molecule is O=C(O)N[C@]1(c2ccc(-c3nc4c(cc3-c3ccccc3)-n3c(n[nH]c3=O)CO4)cc2)C[C@@H](O)C1. The largest absolute Gasteiger partial charge is 0.468 e. The summed E-state index contributed by atoms with van der Waals surface area (Å²) < 4.78 is 7.29. The van der Waals surface area contributed by atoms with E-state index in [4.69, 9.17) is 9.72 Å². The van der Waals surface area contributed by atoms with E-state index in [1.807, 2.05) is 60.7 Å². The lowest BCUT2D eigenvalue weighted by atomic mass is 9.69. The number of pyridine rings is 1. The zero-order valence-corrected chi connectivity index (χ0v) is 18.4. The molecule has 2 aromatic heterocycles. The molecule has 1 fully saturated rings. The maximum atomic E-state index is 12.4. The monoisotopic (exact) mass is 471 g/mol. The Balaban J connectivity index is 1.47. The fraction of sp³-hybridized carbons (Fsp3) is 0.200. The molecule has 6 rings (SSSR count). The Hall–Kier alpha value is -4.44. The number of nitrogens with zero attached hydrogens (tertiary/aromatic N) is 3. The molecule has 10 nitrogen and oxygen atoms in total. The van der Waals surface area contributed by atoms with Crippen molar-refractivity contribution in [3.63, 3.8) is 0 Å². The van der Waals surface area contributed by atoms with Crippen LogP contribution in [0.25, 0.3) is 28.1 Å². The molecule has 1 aliphatic heterocycles. The predicted molar refractivity (Wildman–Crippen MR) is 125 cm³/mol. The van der Waals surface area contributed by atoms with Gasteiger partial charge in [0.1, 0.15) is 5.69 Å². The maximum Gasteiger partial charge on any atom is 0.405 e. The number of nitrogens with one attached hydrogen (secondary N) is 2. The Morgan fingerprint density at radius 2 is 1.86 bits per heavy atom. The van der Waals surface area contributed by atoms with E-state index >= 15 is 0 Å². The van der Waals surface area contributed by atoms with Gasteiger partial charge in [-0.05, 0) is 17.2 Å². The van der Waals surface area contributed by atoms with Crippen LogP contribution in [0.4, 0.5) is 4.79 Å². The van der Waals surface area contributed by atoms with E-state index in [1.165, 1.54) is 4.57 Å². The van der Waals surface area contributed by atoms with Crippen LogP contribution in [0.3, 0.4) is 0 Å². The van der Waals surface area contributed by atoms with Gasteiger partial charge < -0.3 is 20.3 Å². The lowest BCUT2D eigenvalue weighted by Gasteiger charge is -2.45. The average Bonchev–Trinajstić information content (AvgIpc) is 3.23. The molecule has 1 amide bonds. The third kappa shape index (κ3) is 3.46. The van der Waals surface area contributed by atoms with Crippen molar-refractivity contribution in [2.24, 2.45) is 0 Å². The van der Waals surface area contributed by atoms with Gasteiger partial charge in [-0.1, -0.05) is 54.6 Å². The number of amides is 1. The van der Waals surface area contributed by atoms with Crippen molar-refractivity contribution in [3.8, 4) is 34.0 Å². The number of ether oxygens (including phenoxy) is 1. The van der Waals surface area contributed by atoms with Gasteiger partial charge in [0.25, 0.3) is 0 Å². The summed E-state index contributed by atoms with van der Waals surface area (Å²) in [4.78, 5) is 28.5. The summed E-state index contributed by atoms with van der Waals surface area (Å²) >= 11 is 0. The average molecular weight is 471 g/mol. The second-order valence-corrected chi connectivity index (χ2v) is 8.80. The number of fused-ring (bicyclic) bond motifs is 3. The van der Waals surface area contributed by atoms with Gasteiger partial charge in [-0.2, -0.15) is 5.10 Å². The molecular formula is C25H21N5O5. The molecule has 4 N–H and O–H groups in total. The molecule has 0 bridgehead atoms. The third-order valence-corrected chi connectivity index (χ3v) is 6.60. The molecule has 10 heteroatoms.